The van der Waals surface area contributed by atoms with Crippen molar-refractivity contribution in [1.82, 2.24) is 10.6 Å². The highest BCUT2D eigenvalue weighted by Crippen LogP contribution is 2.15. The summed E-state index contributed by atoms with van der Waals surface area (Å²) in [5.74, 6) is 0.0547. The number of nitrogens with one attached hydrogen (secondary N) is 2. The lowest BCUT2D eigenvalue weighted by Gasteiger charge is -2.29. The Kier molecular flexibility index (Phi) is 6.03. The quantitative estimate of drug-likeness (QED) is 0.793. The SMILES string of the molecule is COC(=O)C1CC(NC(=O)COc2ccc(Cl)cc2)CCN1. The number of ether oxygens (including phenoxy) is 2. The third-order valence-corrected chi connectivity index (χ3v) is 3.69. The first-order valence-electron chi connectivity index (χ1n) is 7.07. The van der Waals surface area contributed by atoms with Gasteiger partial charge in [0, 0.05) is 11.1 Å². The molecule has 2 atom stereocenters. The standard InChI is InChI=1S/C15H19ClN2O4/c1-21-15(20)13-8-11(6-7-17-13)18-14(19)9-22-12-4-2-10(16)3-5-12/h2-5,11,13,17H,6-9H2,1H3,(H,18,19). The van der Waals surface area contributed by atoms with E-state index >= 15 is 0 Å². The average Bonchev–Trinajstić information content (AvgIpc) is 2.54. The fourth-order valence-electron chi connectivity index (χ4n) is 2.32. The predicted octanol–water partition coefficient (Wildman–Crippen LogP) is 1.13. The maximum atomic E-state index is 11.9. The first-order chi connectivity index (χ1) is 10.6. The van der Waals surface area contributed by atoms with Crippen LogP contribution in [0.4, 0.5) is 0 Å². The van der Waals surface area contributed by atoms with Gasteiger partial charge in [0.1, 0.15) is 11.8 Å². The average molecular weight is 327 g/mol. The van der Waals surface area contributed by atoms with Gasteiger partial charge in [-0.05, 0) is 43.7 Å². The molecule has 0 aromatic heterocycles. The molecule has 120 valence electrons. The molecular weight excluding hydrogens is 308 g/mol. The molecule has 2 unspecified atom stereocenters. The van der Waals surface area contributed by atoms with E-state index < -0.39 is 0 Å². The molecular formula is C15H19ClN2O4. The van der Waals surface area contributed by atoms with Gasteiger partial charge in [-0.3, -0.25) is 9.59 Å². The number of hydrogen-bond donors (Lipinski definition) is 2. The molecule has 0 spiro atoms. The van der Waals surface area contributed by atoms with E-state index in [1.165, 1.54) is 7.11 Å². The van der Waals surface area contributed by atoms with E-state index in [2.05, 4.69) is 10.6 Å². The van der Waals surface area contributed by atoms with Crippen LogP contribution in [0.2, 0.25) is 5.02 Å². The molecule has 1 fully saturated rings. The Labute approximate surface area is 134 Å². The van der Waals surface area contributed by atoms with Gasteiger partial charge in [-0.15, -0.1) is 0 Å². The Morgan fingerprint density at radius 3 is 2.77 bits per heavy atom. The van der Waals surface area contributed by atoms with E-state index in [1.54, 1.807) is 24.3 Å². The fraction of sp³-hybridized carbons (Fsp3) is 0.467. The van der Waals surface area contributed by atoms with E-state index in [4.69, 9.17) is 21.1 Å². The van der Waals surface area contributed by atoms with Crippen LogP contribution in [-0.2, 0) is 14.3 Å². The van der Waals surface area contributed by atoms with Crippen LogP contribution in [0.3, 0.4) is 0 Å². The third-order valence-electron chi connectivity index (χ3n) is 3.44. The van der Waals surface area contributed by atoms with Crippen LogP contribution in [0.25, 0.3) is 0 Å². The Bertz CT molecular complexity index is 521. The topological polar surface area (TPSA) is 76.7 Å². The lowest BCUT2D eigenvalue weighted by Crippen LogP contribution is -2.51. The van der Waals surface area contributed by atoms with E-state index in [1.807, 2.05) is 0 Å². The minimum atomic E-state index is -0.374. The van der Waals surface area contributed by atoms with Crippen LogP contribution in [-0.4, -0.2) is 44.2 Å². The number of methoxy groups -OCH3 is 1. The van der Waals surface area contributed by atoms with Gasteiger partial charge in [0.05, 0.1) is 7.11 Å². The van der Waals surface area contributed by atoms with Gasteiger partial charge in [0.25, 0.3) is 5.91 Å². The highest BCUT2D eigenvalue weighted by Gasteiger charge is 2.28. The third kappa shape index (κ3) is 4.89. The number of piperidine rings is 1. The molecule has 7 heteroatoms. The number of amides is 1. The van der Waals surface area contributed by atoms with Crippen LogP contribution in [0.15, 0.2) is 24.3 Å². The molecule has 1 saturated heterocycles. The van der Waals surface area contributed by atoms with Crippen LogP contribution in [0, 0.1) is 0 Å². The minimum absolute atomic E-state index is 0.0633. The molecule has 2 N–H and O–H groups in total. The van der Waals surface area contributed by atoms with Gasteiger partial charge in [-0.1, -0.05) is 11.6 Å². The van der Waals surface area contributed by atoms with Crippen molar-refractivity contribution >= 4 is 23.5 Å². The molecule has 22 heavy (non-hydrogen) atoms. The minimum Gasteiger partial charge on any atom is -0.484 e. The van der Waals surface area contributed by atoms with Crippen molar-refractivity contribution in [2.24, 2.45) is 0 Å². The van der Waals surface area contributed by atoms with Crippen LogP contribution < -0.4 is 15.4 Å². The summed E-state index contributed by atoms with van der Waals surface area (Å²) in [4.78, 5) is 23.4. The summed E-state index contributed by atoms with van der Waals surface area (Å²) in [6.07, 6.45) is 1.28. The van der Waals surface area contributed by atoms with Crippen LogP contribution in [0.5, 0.6) is 5.75 Å². The van der Waals surface area contributed by atoms with Crippen molar-refractivity contribution in [2.45, 2.75) is 24.9 Å². The molecule has 1 aliphatic heterocycles. The second kappa shape index (κ2) is 8.00. The largest absolute Gasteiger partial charge is 0.484 e. The van der Waals surface area contributed by atoms with E-state index in [-0.39, 0.29) is 30.6 Å². The van der Waals surface area contributed by atoms with Gasteiger partial charge in [-0.2, -0.15) is 0 Å². The van der Waals surface area contributed by atoms with Gasteiger partial charge in [0.2, 0.25) is 0 Å². The van der Waals surface area contributed by atoms with Crippen LogP contribution >= 0.6 is 11.6 Å². The number of carbonyl (C=O) groups excluding carboxylic acids is 2. The molecule has 1 aromatic rings. The molecule has 2 rings (SSSR count). The number of benzene rings is 1. The Morgan fingerprint density at radius 2 is 2.09 bits per heavy atom. The second-order valence-corrected chi connectivity index (χ2v) is 5.50. The molecule has 1 heterocycles. The maximum absolute atomic E-state index is 11.9. The summed E-state index contributed by atoms with van der Waals surface area (Å²) in [5.41, 5.74) is 0. The van der Waals surface area contributed by atoms with Gasteiger partial charge in [0.15, 0.2) is 6.61 Å². The number of hydrogen-bond acceptors (Lipinski definition) is 5. The lowest BCUT2D eigenvalue weighted by atomic mass is 9.99. The Hall–Kier alpha value is -1.79. The number of halogens is 1. The molecule has 0 radical (unpaired) electrons. The summed E-state index contributed by atoms with van der Waals surface area (Å²) in [6, 6.07) is 6.36. The Balaban J connectivity index is 1.76. The zero-order valence-electron chi connectivity index (χ0n) is 12.3. The second-order valence-electron chi connectivity index (χ2n) is 5.06. The smallest absolute Gasteiger partial charge is 0.322 e. The van der Waals surface area contributed by atoms with E-state index in [0.29, 0.717) is 23.7 Å². The molecule has 0 saturated carbocycles. The fourth-order valence-corrected chi connectivity index (χ4v) is 2.45. The van der Waals surface area contributed by atoms with Crippen molar-refractivity contribution in [3.8, 4) is 5.75 Å². The van der Waals surface area contributed by atoms with Crippen molar-refractivity contribution in [1.29, 1.82) is 0 Å². The number of carbonyl (C=O) groups is 2. The van der Waals surface area contributed by atoms with Crippen molar-refractivity contribution in [3.63, 3.8) is 0 Å². The molecule has 0 aliphatic carbocycles. The molecule has 0 bridgehead atoms. The van der Waals surface area contributed by atoms with E-state index in [9.17, 15) is 9.59 Å². The van der Waals surface area contributed by atoms with E-state index in [0.717, 1.165) is 6.42 Å². The zero-order valence-corrected chi connectivity index (χ0v) is 13.1. The number of esters is 1. The normalized spacial score (nSPS) is 21.0. The highest BCUT2D eigenvalue weighted by molar-refractivity contribution is 6.30. The first kappa shape index (κ1) is 16.6. The predicted molar refractivity (Wildman–Crippen MR) is 81.9 cm³/mol. The van der Waals surface area contributed by atoms with Crippen LogP contribution in [0.1, 0.15) is 12.8 Å². The monoisotopic (exact) mass is 326 g/mol. The lowest BCUT2D eigenvalue weighted by molar-refractivity contribution is -0.144. The maximum Gasteiger partial charge on any atom is 0.322 e. The summed E-state index contributed by atoms with van der Waals surface area (Å²) in [6.45, 7) is 0.581. The summed E-state index contributed by atoms with van der Waals surface area (Å²) in [5, 5.41) is 6.55. The molecule has 6 nitrogen and oxygen atoms in total. The van der Waals surface area contributed by atoms with Crippen molar-refractivity contribution in [3.05, 3.63) is 29.3 Å². The van der Waals surface area contributed by atoms with Crippen molar-refractivity contribution in [2.75, 3.05) is 20.3 Å². The van der Waals surface area contributed by atoms with Gasteiger partial charge >= 0.3 is 5.97 Å². The highest BCUT2D eigenvalue weighted by atomic mass is 35.5. The summed E-state index contributed by atoms with van der Waals surface area (Å²) >= 11 is 5.78. The van der Waals surface area contributed by atoms with Crippen molar-refractivity contribution < 1.29 is 19.1 Å². The molecule has 1 aromatic carbocycles. The first-order valence-corrected chi connectivity index (χ1v) is 7.45. The molecule has 1 amide bonds. The van der Waals surface area contributed by atoms with Gasteiger partial charge < -0.3 is 20.1 Å². The summed E-state index contributed by atoms with van der Waals surface area (Å²) < 4.78 is 10.1. The molecule has 1 aliphatic rings. The number of rotatable bonds is 5. The Morgan fingerprint density at radius 1 is 1.36 bits per heavy atom. The zero-order chi connectivity index (χ0) is 15.9. The summed E-state index contributed by atoms with van der Waals surface area (Å²) in [7, 11) is 1.35. The van der Waals surface area contributed by atoms with Gasteiger partial charge in [-0.25, -0.2) is 0 Å².